The number of nitrogens with one attached hydrogen (secondary N) is 2. The van der Waals surface area contributed by atoms with Gasteiger partial charge in [0, 0.05) is 44.0 Å². The van der Waals surface area contributed by atoms with Crippen molar-refractivity contribution < 1.29 is 24.2 Å². The molecule has 0 spiro atoms. The molecule has 0 saturated carbocycles. The largest absolute Gasteiger partial charge is 0.453 e. The van der Waals surface area contributed by atoms with E-state index in [1.165, 1.54) is 7.11 Å². The zero-order valence-electron chi connectivity index (χ0n) is 22.2. The number of ether oxygens (including phenoxy) is 2. The zero-order valence-corrected chi connectivity index (χ0v) is 22.2. The molecule has 4 heterocycles. The molecule has 5 rings (SSSR count). The van der Waals surface area contributed by atoms with Gasteiger partial charge in [0.2, 0.25) is 0 Å². The monoisotopic (exact) mass is 538 g/mol. The number of fused-ring (bicyclic) bond motifs is 1. The number of methoxy groups -OCH3 is 1. The predicted octanol–water partition coefficient (Wildman–Crippen LogP) is 2.24. The number of nitrogens with zero attached hydrogens (tertiary/aromatic N) is 6. The van der Waals surface area contributed by atoms with Crippen molar-refractivity contribution in [3.05, 3.63) is 30.5 Å². The van der Waals surface area contributed by atoms with Crippen LogP contribution >= 0.6 is 0 Å². The van der Waals surface area contributed by atoms with Gasteiger partial charge in [-0.3, -0.25) is 0 Å². The Morgan fingerprint density at radius 3 is 2.62 bits per heavy atom. The SMILES string of the molecule is COC(=O)N1CCC(n2ncc3c(N4CCOC(C)C4)nc(-c4ccc(NC(=O)NCCO)cc4)nc32)CC1. The molecule has 1 unspecified atom stereocenters. The number of carbonyl (C=O) groups is 2. The maximum atomic E-state index is 12.0. The van der Waals surface area contributed by atoms with Crippen LogP contribution in [0.3, 0.4) is 0 Å². The second-order valence-electron chi connectivity index (χ2n) is 9.69. The molecular formula is C26H34N8O5. The number of anilines is 2. The minimum Gasteiger partial charge on any atom is -0.453 e. The van der Waals surface area contributed by atoms with Crippen LogP contribution < -0.4 is 15.5 Å². The van der Waals surface area contributed by atoms with Crippen LogP contribution in [0, 0.1) is 0 Å². The summed E-state index contributed by atoms with van der Waals surface area (Å²) < 4.78 is 12.6. The van der Waals surface area contributed by atoms with Gasteiger partial charge in [-0.2, -0.15) is 5.10 Å². The number of aliphatic hydroxyl groups is 1. The van der Waals surface area contributed by atoms with Gasteiger partial charge in [-0.05, 0) is 44.0 Å². The molecule has 1 atom stereocenters. The van der Waals surface area contributed by atoms with Crippen molar-refractivity contribution in [3.63, 3.8) is 0 Å². The number of urea groups is 1. The zero-order chi connectivity index (χ0) is 27.4. The maximum Gasteiger partial charge on any atom is 0.409 e. The lowest BCUT2D eigenvalue weighted by Crippen LogP contribution is -2.41. The standard InChI is InChI=1S/C26H34N8O5/c1-17-16-33(12-14-39-17)23-21-15-28-34(20-7-10-32(11-8-20)26(37)38-2)24(21)31-22(30-23)18-3-5-19(6-4-18)29-25(36)27-9-13-35/h3-6,15,17,20,35H,7-14,16H2,1-2H3,(H2,27,29,36). The minimum atomic E-state index is -0.389. The third kappa shape index (κ3) is 5.88. The molecule has 208 valence electrons. The lowest BCUT2D eigenvalue weighted by molar-refractivity contribution is 0.0530. The lowest BCUT2D eigenvalue weighted by atomic mass is 10.1. The number of hydrogen-bond acceptors (Lipinski definition) is 9. The van der Waals surface area contributed by atoms with E-state index < -0.39 is 0 Å². The quantitative estimate of drug-likeness (QED) is 0.430. The number of aromatic nitrogens is 4. The fourth-order valence-corrected chi connectivity index (χ4v) is 5.03. The summed E-state index contributed by atoms with van der Waals surface area (Å²) in [6, 6.07) is 7.01. The van der Waals surface area contributed by atoms with E-state index in [-0.39, 0.29) is 37.4 Å². The number of benzene rings is 1. The highest BCUT2D eigenvalue weighted by molar-refractivity contribution is 5.90. The summed E-state index contributed by atoms with van der Waals surface area (Å²) in [5.41, 5.74) is 2.16. The molecule has 3 amide bonds. The second-order valence-corrected chi connectivity index (χ2v) is 9.69. The Balaban J connectivity index is 1.47. The van der Waals surface area contributed by atoms with Crippen molar-refractivity contribution in [1.29, 1.82) is 0 Å². The highest BCUT2D eigenvalue weighted by atomic mass is 16.5. The first-order valence-electron chi connectivity index (χ1n) is 13.2. The van der Waals surface area contributed by atoms with Crippen LogP contribution in [0.15, 0.2) is 30.5 Å². The number of rotatable bonds is 6. The van der Waals surface area contributed by atoms with Gasteiger partial charge in [-0.1, -0.05) is 0 Å². The van der Waals surface area contributed by atoms with Gasteiger partial charge in [0.05, 0.1) is 44.1 Å². The number of morpholine rings is 1. The normalized spacial score (nSPS) is 18.3. The van der Waals surface area contributed by atoms with Crippen LogP contribution in [0.4, 0.5) is 21.1 Å². The van der Waals surface area contributed by atoms with Gasteiger partial charge in [0.25, 0.3) is 0 Å². The van der Waals surface area contributed by atoms with Crippen LogP contribution in [0.2, 0.25) is 0 Å². The van der Waals surface area contributed by atoms with Crippen molar-refractivity contribution >= 4 is 34.7 Å². The Morgan fingerprint density at radius 2 is 1.92 bits per heavy atom. The van der Waals surface area contributed by atoms with E-state index in [0.717, 1.165) is 35.3 Å². The predicted molar refractivity (Wildman–Crippen MR) is 145 cm³/mol. The Bertz CT molecular complexity index is 1310. The van der Waals surface area contributed by atoms with E-state index >= 15 is 0 Å². The molecule has 39 heavy (non-hydrogen) atoms. The van der Waals surface area contributed by atoms with Gasteiger partial charge in [0.1, 0.15) is 5.82 Å². The molecule has 2 saturated heterocycles. The second kappa shape index (κ2) is 11.8. The summed E-state index contributed by atoms with van der Waals surface area (Å²) in [6.07, 6.45) is 3.09. The van der Waals surface area contributed by atoms with E-state index in [1.807, 2.05) is 29.9 Å². The van der Waals surface area contributed by atoms with Crippen LogP contribution in [-0.2, 0) is 9.47 Å². The Hall–Kier alpha value is -3.97. The molecular weight excluding hydrogens is 504 g/mol. The molecule has 0 bridgehead atoms. The third-order valence-electron chi connectivity index (χ3n) is 7.02. The molecule has 2 aliphatic rings. The minimum absolute atomic E-state index is 0.0762. The molecule has 2 aromatic heterocycles. The molecule has 0 aliphatic carbocycles. The topological polar surface area (TPSA) is 147 Å². The Kier molecular flexibility index (Phi) is 8.07. The van der Waals surface area contributed by atoms with Gasteiger partial charge >= 0.3 is 12.1 Å². The first kappa shape index (κ1) is 26.6. The fourth-order valence-electron chi connectivity index (χ4n) is 5.03. The van der Waals surface area contributed by atoms with E-state index in [9.17, 15) is 9.59 Å². The number of amides is 3. The molecule has 1 aromatic carbocycles. The smallest absolute Gasteiger partial charge is 0.409 e. The van der Waals surface area contributed by atoms with Crippen LogP contribution in [0.5, 0.6) is 0 Å². The molecule has 2 fully saturated rings. The number of hydrogen-bond donors (Lipinski definition) is 3. The number of piperidine rings is 1. The van der Waals surface area contributed by atoms with Crippen molar-refractivity contribution in [1.82, 2.24) is 30.0 Å². The summed E-state index contributed by atoms with van der Waals surface area (Å²) in [4.78, 5) is 37.8. The molecule has 2 aliphatic heterocycles. The van der Waals surface area contributed by atoms with Crippen molar-refractivity contribution in [3.8, 4) is 11.4 Å². The Labute approximate surface area is 226 Å². The van der Waals surface area contributed by atoms with Crippen LogP contribution in [-0.4, -0.2) is 101 Å². The molecule has 0 radical (unpaired) electrons. The van der Waals surface area contributed by atoms with Gasteiger partial charge < -0.3 is 35.0 Å². The van der Waals surface area contributed by atoms with E-state index in [2.05, 4.69) is 15.5 Å². The molecule has 3 N–H and O–H groups in total. The maximum absolute atomic E-state index is 12.0. The summed E-state index contributed by atoms with van der Waals surface area (Å²) >= 11 is 0. The molecule has 3 aromatic rings. The average molecular weight is 539 g/mol. The van der Waals surface area contributed by atoms with Gasteiger partial charge in [0.15, 0.2) is 11.5 Å². The summed E-state index contributed by atoms with van der Waals surface area (Å²) in [5, 5.41) is 19.8. The molecule has 13 nitrogen and oxygen atoms in total. The van der Waals surface area contributed by atoms with Gasteiger partial charge in [-0.25, -0.2) is 24.2 Å². The number of likely N-dealkylation sites (tertiary alicyclic amines) is 1. The number of aliphatic hydroxyl groups excluding tert-OH is 1. The van der Waals surface area contributed by atoms with Crippen molar-refractivity contribution in [2.45, 2.75) is 31.9 Å². The van der Waals surface area contributed by atoms with Crippen molar-refractivity contribution in [2.75, 3.05) is 63.3 Å². The first-order valence-corrected chi connectivity index (χ1v) is 13.2. The average Bonchev–Trinajstić information content (AvgIpc) is 3.39. The lowest BCUT2D eigenvalue weighted by Gasteiger charge is -2.33. The first-order chi connectivity index (χ1) is 19.0. The summed E-state index contributed by atoms with van der Waals surface area (Å²) in [5.74, 6) is 1.37. The van der Waals surface area contributed by atoms with E-state index in [4.69, 9.17) is 29.6 Å². The van der Waals surface area contributed by atoms with Crippen LogP contribution in [0.1, 0.15) is 25.8 Å². The fraction of sp³-hybridized carbons (Fsp3) is 0.500. The van der Waals surface area contributed by atoms with Crippen molar-refractivity contribution in [2.24, 2.45) is 0 Å². The summed E-state index contributed by atoms with van der Waals surface area (Å²) in [6.45, 7) is 5.31. The summed E-state index contributed by atoms with van der Waals surface area (Å²) in [7, 11) is 1.40. The highest BCUT2D eigenvalue weighted by Gasteiger charge is 2.28. The van der Waals surface area contributed by atoms with Gasteiger partial charge in [-0.15, -0.1) is 0 Å². The van der Waals surface area contributed by atoms with Crippen LogP contribution in [0.25, 0.3) is 22.4 Å². The number of carbonyl (C=O) groups excluding carboxylic acids is 2. The highest BCUT2D eigenvalue weighted by Crippen LogP contribution is 2.32. The molecule has 13 heteroatoms. The third-order valence-corrected chi connectivity index (χ3v) is 7.02. The Morgan fingerprint density at radius 1 is 1.15 bits per heavy atom. The van der Waals surface area contributed by atoms with E-state index in [0.29, 0.717) is 44.3 Å². The van der Waals surface area contributed by atoms with E-state index in [1.54, 1.807) is 17.0 Å².